The van der Waals surface area contributed by atoms with Gasteiger partial charge in [-0.1, -0.05) is 6.92 Å². The normalized spacial score (nSPS) is 16.8. The van der Waals surface area contributed by atoms with E-state index < -0.39 is 6.10 Å². The summed E-state index contributed by atoms with van der Waals surface area (Å²) in [5, 5.41) is 8.96. The van der Waals surface area contributed by atoms with E-state index in [1.165, 1.54) is 7.11 Å². The minimum Gasteiger partial charge on any atom is -0.390 e. The van der Waals surface area contributed by atoms with Crippen LogP contribution in [0.3, 0.4) is 0 Å². The summed E-state index contributed by atoms with van der Waals surface area (Å²) in [6.45, 7) is 1.87. The van der Waals surface area contributed by atoms with Crippen LogP contribution in [-0.4, -0.2) is 31.2 Å². The average Bonchev–Trinajstić information content (AvgIpc) is 1.87. The molecule has 0 heterocycles. The number of rotatable bonds is 4. The first kappa shape index (κ1) is 8.59. The zero-order valence-electron chi connectivity index (χ0n) is 5.70. The highest BCUT2D eigenvalue weighted by Gasteiger charge is 2.11. The van der Waals surface area contributed by atoms with Crippen molar-refractivity contribution in [1.29, 1.82) is 0 Å². The monoisotopic (exact) mass is 132 g/mol. The van der Waals surface area contributed by atoms with E-state index in [1.807, 2.05) is 0 Å². The number of hydrogen-bond donors (Lipinski definition) is 1. The standard InChI is InChI=1S/C6H12O3/c1-5(3-7)6(8)4-9-2/h3,5-6,8H,4H2,1-2H3. The first-order chi connectivity index (χ1) is 4.22. The molecule has 3 nitrogen and oxygen atoms in total. The molecule has 0 bridgehead atoms. The summed E-state index contributed by atoms with van der Waals surface area (Å²) in [4.78, 5) is 10.0. The molecule has 0 rings (SSSR count). The van der Waals surface area contributed by atoms with Crippen molar-refractivity contribution in [1.82, 2.24) is 0 Å². The van der Waals surface area contributed by atoms with Crippen molar-refractivity contribution in [2.24, 2.45) is 5.92 Å². The zero-order valence-corrected chi connectivity index (χ0v) is 5.70. The number of carbonyl (C=O) groups is 1. The van der Waals surface area contributed by atoms with Crippen LogP contribution in [0.5, 0.6) is 0 Å². The SMILES string of the molecule is COCC(O)C(C)C=O. The Labute approximate surface area is 54.6 Å². The number of methoxy groups -OCH3 is 1. The fraction of sp³-hybridized carbons (Fsp3) is 0.833. The van der Waals surface area contributed by atoms with Gasteiger partial charge < -0.3 is 14.6 Å². The third kappa shape index (κ3) is 3.21. The summed E-state index contributed by atoms with van der Waals surface area (Å²) in [6, 6.07) is 0. The van der Waals surface area contributed by atoms with E-state index in [0.717, 1.165) is 0 Å². The molecule has 2 atom stereocenters. The maximum atomic E-state index is 10.0. The van der Waals surface area contributed by atoms with Gasteiger partial charge >= 0.3 is 0 Å². The summed E-state index contributed by atoms with van der Waals surface area (Å²) in [6.07, 6.45) is 0.0523. The van der Waals surface area contributed by atoms with Gasteiger partial charge in [-0.05, 0) is 0 Å². The Kier molecular flexibility index (Phi) is 4.26. The van der Waals surface area contributed by atoms with Crippen LogP contribution in [0.15, 0.2) is 0 Å². The Hall–Kier alpha value is -0.410. The van der Waals surface area contributed by atoms with E-state index in [-0.39, 0.29) is 12.5 Å². The van der Waals surface area contributed by atoms with Gasteiger partial charge in [-0.15, -0.1) is 0 Å². The Bertz CT molecular complexity index is 82.4. The fourth-order valence-corrected chi connectivity index (χ4v) is 0.413. The maximum absolute atomic E-state index is 10.0. The summed E-state index contributed by atoms with van der Waals surface area (Å²) in [5.41, 5.74) is 0. The van der Waals surface area contributed by atoms with E-state index >= 15 is 0 Å². The van der Waals surface area contributed by atoms with Crippen LogP contribution in [0.4, 0.5) is 0 Å². The lowest BCUT2D eigenvalue weighted by Crippen LogP contribution is -2.23. The Balaban J connectivity index is 3.44. The summed E-state index contributed by atoms with van der Waals surface area (Å²) in [5.74, 6) is -0.329. The second-order valence-corrected chi connectivity index (χ2v) is 2.02. The van der Waals surface area contributed by atoms with Gasteiger partial charge in [0.2, 0.25) is 0 Å². The van der Waals surface area contributed by atoms with Crippen LogP contribution in [-0.2, 0) is 9.53 Å². The van der Waals surface area contributed by atoms with Crippen LogP contribution >= 0.6 is 0 Å². The molecule has 0 aromatic heterocycles. The molecule has 0 aromatic rings. The lowest BCUT2D eigenvalue weighted by atomic mass is 10.1. The van der Waals surface area contributed by atoms with E-state index in [9.17, 15) is 4.79 Å². The topological polar surface area (TPSA) is 46.5 Å². The van der Waals surface area contributed by atoms with Crippen molar-refractivity contribution in [3.8, 4) is 0 Å². The molecule has 0 amide bonds. The van der Waals surface area contributed by atoms with Crippen LogP contribution in [0.1, 0.15) is 6.92 Å². The molecule has 0 aliphatic rings. The third-order valence-electron chi connectivity index (χ3n) is 1.16. The van der Waals surface area contributed by atoms with Crippen molar-refractivity contribution < 1.29 is 14.6 Å². The number of hydrogen-bond acceptors (Lipinski definition) is 3. The number of ether oxygens (including phenoxy) is 1. The maximum Gasteiger partial charge on any atom is 0.125 e. The molecular formula is C6H12O3. The minimum atomic E-state index is -0.660. The van der Waals surface area contributed by atoms with E-state index in [1.54, 1.807) is 6.92 Å². The van der Waals surface area contributed by atoms with Gasteiger partial charge in [0.25, 0.3) is 0 Å². The lowest BCUT2D eigenvalue weighted by Gasteiger charge is -2.10. The van der Waals surface area contributed by atoms with Crippen LogP contribution < -0.4 is 0 Å². The van der Waals surface area contributed by atoms with Gasteiger partial charge in [-0.3, -0.25) is 0 Å². The van der Waals surface area contributed by atoms with Gasteiger partial charge in [-0.25, -0.2) is 0 Å². The van der Waals surface area contributed by atoms with Crippen LogP contribution in [0.25, 0.3) is 0 Å². The summed E-state index contributed by atoms with van der Waals surface area (Å²) >= 11 is 0. The highest BCUT2D eigenvalue weighted by atomic mass is 16.5. The van der Waals surface area contributed by atoms with E-state index in [4.69, 9.17) is 5.11 Å². The van der Waals surface area contributed by atoms with E-state index in [2.05, 4.69) is 4.74 Å². The molecule has 0 aromatic carbocycles. The Morgan fingerprint density at radius 2 is 2.33 bits per heavy atom. The molecule has 0 radical (unpaired) electrons. The third-order valence-corrected chi connectivity index (χ3v) is 1.16. The summed E-state index contributed by atoms with van der Waals surface area (Å²) in [7, 11) is 1.49. The molecule has 0 saturated carbocycles. The van der Waals surface area contributed by atoms with Crippen LogP contribution in [0, 0.1) is 5.92 Å². The van der Waals surface area contributed by atoms with Crippen molar-refractivity contribution in [3.05, 3.63) is 0 Å². The molecule has 0 fully saturated rings. The molecule has 3 heteroatoms. The highest BCUT2D eigenvalue weighted by molar-refractivity contribution is 5.53. The minimum absolute atomic E-state index is 0.222. The molecule has 2 unspecified atom stereocenters. The molecule has 0 saturated heterocycles. The molecular weight excluding hydrogens is 120 g/mol. The van der Waals surface area contributed by atoms with Crippen molar-refractivity contribution in [2.45, 2.75) is 13.0 Å². The second kappa shape index (κ2) is 4.47. The zero-order chi connectivity index (χ0) is 7.28. The summed E-state index contributed by atoms with van der Waals surface area (Å²) < 4.78 is 4.62. The number of aldehydes is 1. The second-order valence-electron chi connectivity index (χ2n) is 2.02. The molecule has 0 spiro atoms. The fourth-order valence-electron chi connectivity index (χ4n) is 0.413. The number of carbonyl (C=O) groups excluding carboxylic acids is 1. The largest absolute Gasteiger partial charge is 0.390 e. The lowest BCUT2D eigenvalue weighted by molar-refractivity contribution is -0.114. The molecule has 0 aliphatic heterocycles. The Morgan fingerprint density at radius 1 is 1.78 bits per heavy atom. The van der Waals surface area contributed by atoms with E-state index in [0.29, 0.717) is 6.29 Å². The van der Waals surface area contributed by atoms with Gasteiger partial charge in [-0.2, -0.15) is 0 Å². The molecule has 1 N–H and O–H groups in total. The van der Waals surface area contributed by atoms with Gasteiger partial charge in [0, 0.05) is 13.0 Å². The van der Waals surface area contributed by atoms with Gasteiger partial charge in [0.1, 0.15) is 6.29 Å². The first-order valence-electron chi connectivity index (χ1n) is 2.84. The highest BCUT2D eigenvalue weighted by Crippen LogP contribution is 1.97. The smallest absolute Gasteiger partial charge is 0.125 e. The van der Waals surface area contributed by atoms with Crippen LogP contribution in [0.2, 0.25) is 0 Å². The van der Waals surface area contributed by atoms with Crippen molar-refractivity contribution in [3.63, 3.8) is 0 Å². The molecule has 9 heavy (non-hydrogen) atoms. The molecule has 0 aliphatic carbocycles. The Morgan fingerprint density at radius 3 is 2.67 bits per heavy atom. The predicted molar refractivity (Wildman–Crippen MR) is 33.1 cm³/mol. The molecule has 54 valence electrons. The predicted octanol–water partition coefficient (Wildman–Crippen LogP) is -0.171. The van der Waals surface area contributed by atoms with Gasteiger partial charge in [0.05, 0.1) is 12.7 Å². The number of aliphatic hydroxyl groups is 1. The van der Waals surface area contributed by atoms with Gasteiger partial charge in [0.15, 0.2) is 0 Å². The van der Waals surface area contributed by atoms with Crippen molar-refractivity contribution >= 4 is 6.29 Å². The quantitative estimate of drug-likeness (QED) is 0.540. The average molecular weight is 132 g/mol. The first-order valence-corrected chi connectivity index (χ1v) is 2.84. The van der Waals surface area contributed by atoms with Crippen molar-refractivity contribution in [2.75, 3.05) is 13.7 Å². The number of aliphatic hydroxyl groups excluding tert-OH is 1.